The monoisotopic (exact) mass is 452 g/mol. The van der Waals surface area contributed by atoms with Crippen LogP contribution in [0.2, 0.25) is 0 Å². The Morgan fingerprint density at radius 3 is 2.00 bits per heavy atom. The molecule has 5 atom stereocenters. The van der Waals surface area contributed by atoms with Crippen LogP contribution in [0.4, 0.5) is 0 Å². The fourth-order valence-electron chi connectivity index (χ4n) is 4.21. The number of alkyl halides is 2. The first-order chi connectivity index (χ1) is 14.5. The lowest BCUT2D eigenvalue weighted by Gasteiger charge is -2.39. The lowest BCUT2D eigenvalue weighted by atomic mass is 10.0. The van der Waals surface area contributed by atoms with Crippen molar-refractivity contribution in [2.75, 3.05) is 20.8 Å². The average molecular weight is 453 g/mol. The fraction of sp³-hybridized carbons (Fsp3) is 0.478. The number of hydrogen-bond acceptors (Lipinski definition) is 5. The highest BCUT2D eigenvalue weighted by atomic mass is 35.5. The summed E-state index contributed by atoms with van der Waals surface area (Å²) in [6, 6.07) is 19.8. The Labute approximate surface area is 187 Å². The average Bonchev–Trinajstić information content (AvgIpc) is 3.26. The Balaban J connectivity index is 1.46. The lowest BCUT2D eigenvalue weighted by Crippen LogP contribution is -2.53. The predicted molar refractivity (Wildman–Crippen MR) is 114 cm³/mol. The molecule has 4 rings (SSSR count). The van der Waals surface area contributed by atoms with E-state index < -0.39 is 28.4 Å². The molecule has 1 aliphatic carbocycles. The molecule has 7 heteroatoms. The minimum absolute atomic E-state index is 0.227. The first-order valence-corrected chi connectivity index (χ1v) is 10.7. The van der Waals surface area contributed by atoms with Gasteiger partial charge in [-0.05, 0) is 11.1 Å². The largest absolute Gasteiger partial charge is 0.378 e. The molecule has 1 aliphatic heterocycles. The Morgan fingerprint density at radius 2 is 1.43 bits per heavy atom. The van der Waals surface area contributed by atoms with Crippen LogP contribution in [0, 0.1) is 5.92 Å². The summed E-state index contributed by atoms with van der Waals surface area (Å²) >= 11 is 13.4. The van der Waals surface area contributed by atoms with E-state index in [0.29, 0.717) is 13.2 Å². The molecular weight excluding hydrogens is 427 g/mol. The topological polar surface area (TPSA) is 46.2 Å². The number of ether oxygens (including phenoxy) is 5. The van der Waals surface area contributed by atoms with Crippen molar-refractivity contribution in [3.05, 3.63) is 71.8 Å². The zero-order chi connectivity index (χ0) is 21.2. The second kappa shape index (κ2) is 9.13. The summed E-state index contributed by atoms with van der Waals surface area (Å²) in [5.74, 6) is -0.304. The first kappa shape index (κ1) is 22.0. The third kappa shape index (κ3) is 4.00. The smallest absolute Gasteiger partial charge is 0.186 e. The van der Waals surface area contributed by atoms with Gasteiger partial charge in [-0.15, -0.1) is 0 Å². The highest BCUT2D eigenvalue weighted by Gasteiger charge is 2.84. The third-order valence-electron chi connectivity index (χ3n) is 5.84. The SMILES string of the molecule is CO[C@@H]1O[C@@]2(COCc3ccccc3)[C@H]([C@H](OC)[C@H]1OCc1ccccc1)C2(Cl)Cl. The van der Waals surface area contributed by atoms with Gasteiger partial charge < -0.3 is 23.7 Å². The van der Waals surface area contributed by atoms with Crippen molar-refractivity contribution in [3.63, 3.8) is 0 Å². The Morgan fingerprint density at radius 1 is 0.833 bits per heavy atom. The van der Waals surface area contributed by atoms with Gasteiger partial charge in [0.25, 0.3) is 0 Å². The van der Waals surface area contributed by atoms with E-state index in [9.17, 15) is 0 Å². The van der Waals surface area contributed by atoms with Gasteiger partial charge in [-0.1, -0.05) is 83.9 Å². The van der Waals surface area contributed by atoms with Crippen LogP contribution in [0.5, 0.6) is 0 Å². The number of fused-ring (bicyclic) bond motifs is 1. The van der Waals surface area contributed by atoms with E-state index in [0.717, 1.165) is 11.1 Å². The van der Waals surface area contributed by atoms with Crippen molar-refractivity contribution in [1.29, 1.82) is 0 Å². The molecule has 0 spiro atoms. The van der Waals surface area contributed by atoms with Gasteiger partial charge in [0.05, 0.1) is 31.8 Å². The molecule has 2 aromatic rings. The van der Waals surface area contributed by atoms with Crippen LogP contribution in [0.3, 0.4) is 0 Å². The highest BCUT2D eigenvalue weighted by Crippen LogP contribution is 2.69. The molecule has 0 radical (unpaired) electrons. The van der Waals surface area contributed by atoms with Crippen LogP contribution >= 0.6 is 23.2 Å². The van der Waals surface area contributed by atoms with Crippen LogP contribution in [-0.4, -0.2) is 49.3 Å². The summed E-state index contributed by atoms with van der Waals surface area (Å²) in [4.78, 5) is 0. The zero-order valence-corrected chi connectivity index (χ0v) is 18.5. The van der Waals surface area contributed by atoms with Gasteiger partial charge in [0, 0.05) is 14.2 Å². The van der Waals surface area contributed by atoms with Crippen LogP contribution in [-0.2, 0) is 36.9 Å². The van der Waals surface area contributed by atoms with E-state index in [1.54, 1.807) is 14.2 Å². The Kier molecular flexibility index (Phi) is 6.70. The summed E-state index contributed by atoms with van der Waals surface area (Å²) in [5, 5.41) is 0. The molecule has 0 aromatic heterocycles. The molecule has 30 heavy (non-hydrogen) atoms. The predicted octanol–water partition coefficient (Wildman–Crippen LogP) is 4.35. The molecule has 2 fully saturated rings. The quantitative estimate of drug-likeness (QED) is 0.529. The minimum atomic E-state index is -1.16. The number of benzene rings is 2. The molecule has 1 saturated carbocycles. The van der Waals surface area contributed by atoms with E-state index in [4.69, 9.17) is 46.9 Å². The summed E-state index contributed by atoms with van der Waals surface area (Å²) < 4.78 is 28.6. The molecule has 5 nitrogen and oxygen atoms in total. The summed E-state index contributed by atoms with van der Waals surface area (Å²) in [6.07, 6.45) is -1.57. The number of methoxy groups -OCH3 is 2. The van der Waals surface area contributed by atoms with Crippen molar-refractivity contribution in [2.45, 2.75) is 41.6 Å². The van der Waals surface area contributed by atoms with E-state index in [1.165, 1.54) is 0 Å². The van der Waals surface area contributed by atoms with E-state index in [1.807, 2.05) is 60.7 Å². The molecular formula is C23H26Cl2O5. The van der Waals surface area contributed by atoms with Gasteiger partial charge in [-0.3, -0.25) is 0 Å². The van der Waals surface area contributed by atoms with Gasteiger partial charge in [-0.25, -0.2) is 0 Å². The van der Waals surface area contributed by atoms with Gasteiger partial charge in [-0.2, -0.15) is 0 Å². The number of hydrogen-bond donors (Lipinski definition) is 0. The molecule has 1 heterocycles. The minimum Gasteiger partial charge on any atom is -0.378 e. The highest BCUT2D eigenvalue weighted by molar-refractivity contribution is 6.52. The summed E-state index contributed by atoms with van der Waals surface area (Å²) in [6.45, 7) is 1.06. The Hall–Kier alpha value is -1.18. The number of halogens is 2. The zero-order valence-electron chi connectivity index (χ0n) is 17.0. The maximum Gasteiger partial charge on any atom is 0.186 e. The molecule has 2 aromatic carbocycles. The fourth-order valence-corrected chi connectivity index (χ4v) is 5.14. The van der Waals surface area contributed by atoms with Crippen molar-refractivity contribution in [3.8, 4) is 0 Å². The van der Waals surface area contributed by atoms with Gasteiger partial charge in [0.15, 0.2) is 10.6 Å². The van der Waals surface area contributed by atoms with Gasteiger partial charge in [0.2, 0.25) is 0 Å². The van der Waals surface area contributed by atoms with Crippen molar-refractivity contribution < 1.29 is 23.7 Å². The van der Waals surface area contributed by atoms with E-state index >= 15 is 0 Å². The van der Waals surface area contributed by atoms with Gasteiger partial charge >= 0.3 is 0 Å². The van der Waals surface area contributed by atoms with Crippen molar-refractivity contribution in [2.24, 2.45) is 5.92 Å². The van der Waals surface area contributed by atoms with Crippen molar-refractivity contribution in [1.82, 2.24) is 0 Å². The molecule has 0 amide bonds. The summed E-state index contributed by atoms with van der Waals surface area (Å²) in [5.41, 5.74) is 1.19. The first-order valence-electron chi connectivity index (χ1n) is 9.92. The molecule has 0 unspecified atom stereocenters. The second-order valence-electron chi connectivity index (χ2n) is 7.65. The van der Waals surface area contributed by atoms with Crippen molar-refractivity contribution >= 4 is 23.2 Å². The normalized spacial score (nSPS) is 31.9. The van der Waals surface area contributed by atoms with Crippen LogP contribution < -0.4 is 0 Å². The third-order valence-corrected chi connectivity index (χ3v) is 6.95. The maximum atomic E-state index is 6.70. The number of rotatable bonds is 9. The Bertz CT molecular complexity index is 819. The molecule has 1 saturated heterocycles. The lowest BCUT2D eigenvalue weighted by molar-refractivity contribution is -0.286. The molecule has 2 aliphatic rings. The van der Waals surface area contributed by atoms with Crippen LogP contribution in [0.25, 0.3) is 0 Å². The van der Waals surface area contributed by atoms with Crippen LogP contribution in [0.15, 0.2) is 60.7 Å². The second-order valence-corrected chi connectivity index (χ2v) is 9.04. The van der Waals surface area contributed by atoms with E-state index in [-0.39, 0.29) is 12.5 Å². The standard InChI is InChI=1S/C23H26Cl2O5/c1-26-18-19(29-14-17-11-7-4-8-12-17)21(27-2)30-22(20(18)23(22,24)25)15-28-13-16-9-5-3-6-10-16/h3-12,18-21H,13-15H2,1-2H3/t18-,19-,20+,21-,22+/m1/s1. The van der Waals surface area contributed by atoms with E-state index in [2.05, 4.69) is 0 Å². The molecule has 162 valence electrons. The summed E-state index contributed by atoms with van der Waals surface area (Å²) in [7, 11) is 3.20. The maximum absolute atomic E-state index is 6.70. The van der Waals surface area contributed by atoms with Gasteiger partial charge in [0.1, 0.15) is 11.7 Å². The molecule has 0 N–H and O–H groups in total. The van der Waals surface area contributed by atoms with Crippen LogP contribution in [0.1, 0.15) is 11.1 Å². The molecule has 0 bridgehead atoms.